The second-order valence-corrected chi connectivity index (χ2v) is 7.22. The minimum atomic E-state index is -0.509. The van der Waals surface area contributed by atoms with Crippen molar-refractivity contribution >= 4 is 18.0 Å². The normalized spacial score (nSPS) is 14.5. The van der Waals surface area contributed by atoms with Crippen LogP contribution in [0.2, 0.25) is 0 Å². The van der Waals surface area contributed by atoms with Crippen LogP contribution in [0.3, 0.4) is 0 Å². The molecule has 0 saturated carbocycles. The predicted octanol–water partition coefficient (Wildman–Crippen LogP) is 2.17. The first-order chi connectivity index (χ1) is 15.0. The molecule has 0 atom stereocenters. The van der Waals surface area contributed by atoms with E-state index in [1.54, 1.807) is 23.1 Å². The molecule has 1 saturated heterocycles. The van der Waals surface area contributed by atoms with Crippen LogP contribution in [0.5, 0.6) is 5.75 Å². The van der Waals surface area contributed by atoms with Gasteiger partial charge in [-0.2, -0.15) is 5.10 Å². The third-order valence-electron chi connectivity index (χ3n) is 4.99. The minimum absolute atomic E-state index is 0.0139. The highest BCUT2D eigenvalue weighted by atomic mass is 19.1. The number of phenolic OH excluding ortho intramolecular Hbond substituents is 1. The van der Waals surface area contributed by atoms with E-state index in [0.29, 0.717) is 43.7 Å². The van der Waals surface area contributed by atoms with E-state index in [-0.39, 0.29) is 29.7 Å². The van der Waals surface area contributed by atoms with Crippen LogP contribution < -0.4 is 5.43 Å². The lowest BCUT2D eigenvalue weighted by Gasteiger charge is -2.34. The average molecular weight is 424 g/mol. The van der Waals surface area contributed by atoms with Crippen molar-refractivity contribution < 1.29 is 19.1 Å². The Morgan fingerprint density at radius 1 is 1.16 bits per heavy atom. The van der Waals surface area contributed by atoms with Gasteiger partial charge in [-0.1, -0.05) is 24.3 Å². The Balaban J connectivity index is 1.48. The Bertz CT molecular complexity index is 970. The number of hydrazone groups is 1. The fourth-order valence-corrected chi connectivity index (χ4v) is 3.37. The van der Waals surface area contributed by atoms with Crippen molar-refractivity contribution in [2.24, 2.45) is 5.10 Å². The highest BCUT2D eigenvalue weighted by Gasteiger charge is 2.23. The minimum Gasteiger partial charge on any atom is -0.507 e. The van der Waals surface area contributed by atoms with Gasteiger partial charge in [0.05, 0.1) is 12.8 Å². The molecule has 2 aromatic carbocycles. The Morgan fingerprint density at radius 2 is 1.87 bits per heavy atom. The lowest BCUT2D eigenvalue weighted by Crippen LogP contribution is -2.50. The maximum atomic E-state index is 13.7. The highest BCUT2D eigenvalue weighted by molar-refractivity contribution is 5.94. The molecule has 2 N–H and O–H groups in total. The summed E-state index contributed by atoms with van der Waals surface area (Å²) in [5.41, 5.74) is 3.61. The maximum Gasteiger partial charge on any atom is 0.254 e. The number of nitrogens with one attached hydrogen (secondary N) is 1. The average Bonchev–Trinajstić information content (AvgIpc) is 2.77. The Hall–Kier alpha value is -3.52. The topological polar surface area (TPSA) is 85.2 Å². The fourth-order valence-electron chi connectivity index (χ4n) is 3.37. The number of phenols is 1. The number of allylic oxidation sites excluding steroid dienone is 1. The summed E-state index contributed by atoms with van der Waals surface area (Å²) in [6, 6.07) is 11.5. The standard InChI is InChI=1S/C23H25FN4O3/c1-2-6-18-13-20(24)14-19(22(18)30)15-25-26-21(29)16-27-9-11-28(12-10-27)23(31)17-7-4-3-5-8-17/h2-5,7-8,13-15,30H,1,6,9-12,16H2,(H,26,29)/b25-15+. The Morgan fingerprint density at radius 3 is 2.55 bits per heavy atom. The van der Waals surface area contributed by atoms with E-state index in [1.165, 1.54) is 12.3 Å². The summed E-state index contributed by atoms with van der Waals surface area (Å²) in [6.07, 6.45) is 3.08. The van der Waals surface area contributed by atoms with E-state index in [9.17, 15) is 19.1 Å². The van der Waals surface area contributed by atoms with Crippen LogP contribution in [0.4, 0.5) is 4.39 Å². The number of benzene rings is 2. The number of halogens is 1. The molecule has 0 aromatic heterocycles. The molecule has 162 valence electrons. The Kier molecular flexibility index (Phi) is 7.50. The number of piperazine rings is 1. The largest absolute Gasteiger partial charge is 0.507 e. The molecule has 31 heavy (non-hydrogen) atoms. The summed E-state index contributed by atoms with van der Waals surface area (Å²) < 4.78 is 13.7. The first-order valence-corrected chi connectivity index (χ1v) is 9.99. The number of hydrogen-bond donors (Lipinski definition) is 2. The van der Waals surface area contributed by atoms with Gasteiger partial charge in [0, 0.05) is 42.9 Å². The third-order valence-corrected chi connectivity index (χ3v) is 4.99. The van der Waals surface area contributed by atoms with Gasteiger partial charge in [-0.15, -0.1) is 6.58 Å². The molecular formula is C23H25FN4O3. The zero-order chi connectivity index (χ0) is 22.2. The molecule has 0 radical (unpaired) electrons. The number of amides is 2. The lowest BCUT2D eigenvalue weighted by atomic mass is 10.1. The van der Waals surface area contributed by atoms with Gasteiger partial charge in [0.1, 0.15) is 11.6 Å². The van der Waals surface area contributed by atoms with E-state index >= 15 is 0 Å². The highest BCUT2D eigenvalue weighted by Crippen LogP contribution is 2.23. The van der Waals surface area contributed by atoms with Crippen LogP contribution in [0, 0.1) is 5.82 Å². The number of aromatic hydroxyl groups is 1. The first-order valence-electron chi connectivity index (χ1n) is 9.99. The maximum absolute atomic E-state index is 13.7. The number of carbonyl (C=O) groups is 2. The van der Waals surface area contributed by atoms with E-state index in [2.05, 4.69) is 17.1 Å². The van der Waals surface area contributed by atoms with Gasteiger partial charge < -0.3 is 10.0 Å². The SMILES string of the molecule is C=CCc1cc(F)cc(/C=N/NC(=O)CN2CCN(C(=O)c3ccccc3)CC2)c1O. The van der Waals surface area contributed by atoms with E-state index in [4.69, 9.17) is 0 Å². The molecule has 1 heterocycles. The van der Waals surface area contributed by atoms with Gasteiger partial charge >= 0.3 is 0 Å². The van der Waals surface area contributed by atoms with Gasteiger partial charge in [-0.05, 0) is 30.7 Å². The van der Waals surface area contributed by atoms with Crippen molar-refractivity contribution in [3.63, 3.8) is 0 Å². The van der Waals surface area contributed by atoms with Crippen LogP contribution in [0.15, 0.2) is 60.2 Å². The fraction of sp³-hybridized carbons (Fsp3) is 0.261. The van der Waals surface area contributed by atoms with Crippen molar-refractivity contribution in [2.45, 2.75) is 6.42 Å². The molecule has 2 amide bonds. The molecule has 2 aromatic rings. The van der Waals surface area contributed by atoms with Crippen molar-refractivity contribution in [2.75, 3.05) is 32.7 Å². The van der Waals surface area contributed by atoms with E-state index < -0.39 is 5.82 Å². The molecule has 0 unspecified atom stereocenters. The number of hydrogen-bond acceptors (Lipinski definition) is 5. The first kappa shape index (κ1) is 22.2. The molecule has 1 aliphatic heterocycles. The molecular weight excluding hydrogens is 399 g/mol. The molecule has 1 aliphatic rings. The number of nitrogens with zero attached hydrogens (tertiary/aromatic N) is 3. The predicted molar refractivity (Wildman–Crippen MR) is 116 cm³/mol. The molecule has 1 fully saturated rings. The molecule has 0 bridgehead atoms. The van der Waals surface area contributed by atoms with E-state index in [1.807, 2.05) is 23.1 Å². The number of rotatable bonds is 7. The van der Waals surface area contributed by atoms with Crippen LogP contribution in [-0.4, -0.2) is 65.7 Å². The monoisotopic (exact) mass is 424 g/mol. The second kappa shape index (κ2) is 10.5. The van der Waals surface area contributed by atoms with Crippen LogP contribution in [0.25, 0.3) is 0 Å². The third kappa shape index (κ3) is 5.99. The van der Waals surface area contributed by atoms with Crippen LogP contribution in [0.1, 0.15) is 21.5 Å². The molecule has 0 spiro atoms. The van der Waals surface area contributed by atoms with Gasteiger partial charge in [-0.3, -0.25) is 14.5 Å². The summed E-state index contributed by atoms with van der Waals surface area (Å²) in [5.74, 6) is -0.954. The molecule has 8 heteroatoms. The second-order valence-electron chi connectivity index (χ2n) is 7.22. The van der Waals surface area contributed by atoms with Crippen LogP contribution in [-0.2, 0) is 11.2 Å². The number of carbonyl (C=O) groups excluding carboxylic acids is 2. The molecule has 0 aliphatic carbocycles. The zero-order valence-corrected chi connectivity index (χ0v) is 17.1. The van der Waals surface area contributed by atoms with Crippen molar-refractivity contribution in [3.8, 4) is 5.75 Å². The summed E-state index contributed by atoms with van der Waals surface area (Å²) in [6.45, 7) is 5.92. The van der Waals surface area contributed by atoms with Crippen LogP contribution >= 0.6 is 0 Å². The summed E-state index contributed by atoms with van der Waals surface area (Å²) in [5, 5.41) is 14.0. The van der Waals surface area contributed by atoms with Gasteiger partial charge in [0.25, 0.3) is 11.8 Å². The summed E-state index contributed by atoms with van der Waals surface area (Å²) in [4.78, 5) is 28.3. The lowest BCUT2D eigenvalue weighted by molar-refractivity contribution is -0.122. The molecule has 3 rings (SSSR count). The summed E-state index contributed by atoms with van der Waals surface area (Å²) >= 11 is 0. The van der Waals surface area contributed by atoms with Gasteiger partial charge in [0.2, 0.25) is 0 Å². The quantitative estimate of drug-likeness (QED) is 0.405. The zero-order valence-electron chi connectivity index (χ0n) is 17.1. The van der Waals surface area contributed by atoms with E-state index in [0.717, 1.165) is 6.07 Å². The molecule has 7 nitrogen and oxygen atoms in total. The summed E-state index contributed by atoms with van der Waals surface area (Å²) in [7, 11) is 0. The van der Waals surface area contributed by atoms with Gasteiger partial charge in [-0.25, -0.2) is 9.82 Å². The van der Waals surface area contributed by atoms with Crippen molar-refractivity contribution in [1.82, 2.24) is 15.2 Å². The van der Waals surface area contributed by atoms with Gasteiger partial charge in [0.15, 0.2) is 0 Å². The van der Waals surface area contributed by atoms with Crippen molar-refractivity contribution in [3.05, 3.63) is 77.6 Å². The smallest absolute Gasteiger partial charge is 0.254 e. The Labute approximate surface area is 180 Å². The van der Waals surface area contributed by atoms with Crippen molar-refractivity contribution in [1.29, 1.82) is 0 Å².